The van der Waals surface area contributed by atoms with E-state index in [4.69, 9.17) is 28.6 Å². The van der Waals surface area contributed by atoms with Crippen LogP contribution in [0.4, 0.5) is 0 Å². The number of rotatable bonds is 5. The summed E-state index contributed by atoms with van der Waals surface area (Å²) < 4.78 is 9.44. The van der Waals surface area contributed by atoms with Crippen molar-refractivity contribution >= 4 is 29.8 Å². The van der Waals surface area contributed by atoms with Crippen molar-refractivity contribution in [2.75, 3.05) is 19.7 Å². The summed E-state index contributed by atoms with van der Waals surface area (Å²) in [5.74, 6) is -0.0379. The number of carbonyl (C=O) groups is 1. The smallest absolute Gasteiger partial charge is 0.309 e. The number of esters is 1. The molecule has 8 heteroatoms. The average Bonchev–Trinajstić information content (AvgIpc) is 2.96. The van der Waals surface area contributed by atoms with Crippen LogP contribution >= 0.6 is 23.8 Å². The molecule has 1 aromatic carbocycles. The Hall–Kier alpha value is -1.70. The van der Waals surface area contributed by atoms with Crippen LogP contribution in [0.25, 0.3) is 5.69 Å². The molecule has 1 saturated heterocycles. The predicted molar refractivity (Wildman–Crippen MR) is 97.5 cm³/mol. The van der Waals surface area contributed by atoms with Crippen LogP contribution in [-0.4, -0.2) is 40.0 Å². The lowest BCUT2D eigenvalue weighted by Crippen LogP contribution is -3.12. The number of hydrogen-bond donors (Lipinski definition) is 1. The number of hydrogen-bond acceptors (Lipinski definition) is 4. The highest BCUT2D eigenvalue weighted by molar-refractivity contribution is 7.71. The Morgan fingerprint density at radius 3 is 2.88 bits per heavy atom. The van der Waals surface area contributed by atoms with Crippen LogP contribution in [0, 0.1) is 10.7 Å². The van der Waals surface area contributed by atoms with Crippen LogP contribution in [-0.2, 0) is 16.2 Å². The number of halogens is 1. The standard InChI is InChI=1S/C17H21ClN4O2S/c1-2-24-16(23)13-6-8-20(9-7-13)12-22-17(25)21(11-19-22)15-5-3-4-14(18)10-15/h3-5,10-11,13H,2,6-9,12H2,1H3/p+1. The van der Waals surface area contributed by atoms with E-state index in [1.54, 1.807) is 6.33 Å². The monoisotopic (exact) mass is 381 g/mol. The number of aromatic nitrogens is 3. The summed E-state index contributed by atoms with van der Waals surface area (Å²) in [6, 6.07) is 7.53. The predicted octanol–water partition coefficient (Wildman–Crippen LogP) is 1.87. The van der Waals surface area contributed by atoms with E-state index in [1.165, 1.54) is 4.90 Å². The van der Waals surface area contributed by atoms with Crippen molar-refractivity contribution < 1.29 is 14.4 Å². The molecule has 6 nitrogen and oxygen atoms in total. The van der Waals surface area contributed by atoms with E-state index in [1.807, 2.05) is 40.4 Å². The molecule has 1 fully saturated rings. The van der Waals surface area contributed by atoms with Crippen molar-refractivity contribution in [2.45, 2.75) is 26.4 Å². The molecular formula is C17H22ClN4O2S+. The molecule has 1 N–H and O–H groups in total. The third kappa shape index (κ3) is 4.29. The van der Waals surface area contributed by atoms with Gasteiger partial charge >= 0.3 is 5.97 Å². The molecule has 25 heavy (non-hydrogen) atoms. The zero-order valence-corrected chi connectivity index (χ0v) is 15.7. The number of likely N-dealkylation sites (tertiary alicyclic amines) is 1. The third-order valence-electron chi connectivity index (χ3n) is 4.51. The van der Waals surface area contributed by atoms with Gasteiger partial charge in [-0.3, -0.25) is 9.36 Å². The molecule has 2 heterocycles. The fraction of sp³-hybridized carbons (Fsp3) is 0.471. The van der Waals surface area contributed by atoms with Gasteiger partial charge in [-0.15, -0.1) is 0 Å². The zero-order chi connectivity index (χ0) is 17.8. The lowest BCUT2D eigenvalue weighted by molar-refractivity contribution is -0.929. The van der Waals surface area contributed by atoms with Crippen LogP contribution in [0.1, 0.15) is 19.8 Å². The number of nitrogens with zero attached hydrogens (tertiary/aromatic N) is 3. The number of carbonyl (C=O) groups excluding carboxylic acids is 1. The minimum atomic E-state index is -0.0663. The van der Waals surface area contributed by atoms with Gasteiger partial charge in [0.15, 0.2) is 6.67 Å². The van der Waals surface area contributed by atoms with E-state index in [-0.39, 0.29) is 11.9 Å². The van der Waals surface area contributed by atoms with Gasteiger partial charge in [-0.25, -0.2) is 0 Å². The summed E-state index contributed by atoms with van der Waals surface area (Å²) in [6.45, 7) is 4.81. The Morgan fingerprint density at radius 2 is 2.20 bits per heavy atom. The number of ether oxygens (including phenoxy) is 1. The van der Waals surface area contributed by atoms with Gasteiger partial charge < -0.3 is 9.64 Å². The van der Waals surface area contributed by atoms with Gasteiger partial charge in [0.25, 0.3) is 0 Å². The second kappa shape index (κ2) is 8.12. The first-order valence-electron chi connectivity index (χ1n) is 8.49. The van der Waals surface area contributed by atoms with E-state index in [0.717, 1.165) is 31.6 Å². The van der Waals surface area contributed by atoms with E-state index in [2.05, 4.69) is 5.10 Å². The fourth-order valence-corrected chi connectivity index (χ4v) is 3.59. The molecule has 0 saturated carbocycles. The molecule has 0 bridgehead atoms. The fourth-order valence-electron chi connectivity index (χ4n) is 3.14. The topological polar surface area (TPSA) is 53.5 Å². The molecule has 1 aliphatic heterocycles. The first kappa shape index (κ1) is 18.1. The third-order valence-corrected chi connectivity index (χ3v) is 5.15. The van der Waals surface area contributed by atoms with Crippen molar-refractivity contribution in [3.05, 3.63) is 40.4 Å². The largest absolute Gasteiger partial charge is 0.466 e. The zero-order valence-electron chi connectivity index (χ0n) is 14.2. The molecule has 0 atom stereocenters. The summed E-state index contributed by atoms with van der Waals surface area (Å²) in [5, 5.41) is 5.08. The van der Waals surface area contributed by atoms with Crippen molar-refractivity contribution in [1.82, 2.24) is 14.3 Å². The Kier molecular flexibility index (Phi) is 5.88. The highest BCUT2D eigenvalue weighted by atomic mass is 35.5. The average molecular weight is 382 g/mol. The van der Waals surface area contributed by atoms with E-state index in [9.17, 15) is 4.79 Å². The maximum Gasteiger partial charge on any atom is 0.309 e. The maximum absolute atomic E-state index is 11.8. The molecule has 1 aliphatic rings. The molecule has 134 valence electrons. The molecule has 2 aromatic rings. The van der Waals surface area contributed by atoms with E-state index >= 15 is 0 Å². The molecule has 0 unspecified atom stereocenters. The normalized spacial score (nSPS) is 20.4. The highest BCUT2D eigenvalue weighted by Gasteiger charge is 2.28. The first-order valence-corrected chi connectivity index (χ1v) is 9.27. The van der Waals surface area contributed by atoms with Gasteiger partial charge in [-0.2, -0.15) is 9.78 Å². The molecule has 3 rings (SSSR count). The SMILES string of the molecule is CCOC(=O)C1CC[NH+](Cn2ncn(-c3cccc(Cl)c3)c2=S)CC1. The van der Waals surface area contributed by atoms with Gasteiger partial charge in [-0.1, -0.05) is 17.7 Å². The van der Waals surface area contributed by atoms with Gasteiger partial charge in [0.1, 0.15) is 6.33 Å². The Labute approximate surface area is 157 Å². The van der Waals surface area contributed by atoms with Crippen LogP contribution in [0.2, 0.25) is 5.02 Å². The summed E-state index contributed by atoms with van der Waals surface area (Å²) in [4.78, 5) is 13.2. The van der Waals surface area contributed by atoms with Gasteiger partial charge in [0.05, 0.1) is 31.3 Å². The van der Waals surface area contributed by atoms with Crippen LogP contribution in [0.3, 0.4) is 0 Å². The lowest BCUT2D eigenvalue weighted by Gasteiger charge is -2.27. The highest BCUT2D eigenvalue weighted by Crippen LogP contribution is 2.15. The molecule has 0 amide bonds. The second-order valence-electron chi connectivity index (χ2n) is 6.20. The van der Waals surface area contributed by atoms with Crippen LogP contribution < -0.4 is 4.90 Å². The van der Waals surface area contributed by atoms with Crippen molar-refractivity contribution in [1.29, 1.82) is 0 Å². The van der Waals surface area contributed by atoms with Crippen LogP contribution in [0.5, 0.6) is 0 Å². The van der Waals surface area contributed by atoms with Crippen molar-refractivity contribution in [3.8, 4) is 5.69 Å². The molecule has 0 aliphatic carbocycles. The van der Waals surface area contributed by atoms with E-state index in [0.29, 0.717) is 23.1 Å². The number of benzene rings is 1. The van der Waals surface area contributed by atoms with Gasteiger partial charge in [0, 0.05) is 17.9 Å². The maximum atomic E-state index is 11.8. The van der Waals surface area contributed by atoms with Crippen molar-refractivity contribution in [2.24, 2.45) is 5.92 Å². The molecule has 1 aromatic heterocycles. The quantitative estimate of drug-likeness (QED) is 0.634. The minimum absolute atomic E-state index is 0.0284. The summed E-state index contributed by atoms with van der Waals surface area (Å²) in [7, 11) is 0. The number of piperidine rings is 1. The molecular weight excluding hydrogens is 360 g/mol. The molecule has 0 radical (unpaired) electrons. The van der Waals surface area contributed by atoms with Gasteiger partial charge in [-0.05, 0) is 37.3 Å². The Bertz CT molecular complexity index is 796. The summed E-state index contributed by atoms with van der Waals surface area (Å²) in [6.07, 6.45) is 3.41. The van der Waals surface area contributed by atoms with Gasteiger partial charge in [0.2, 0.25) is 4.77 Å². The number of quaternary nitrogens is 1. The van der Waals surface area contributed by atoms with Crippen molar-refractivity contribution in [3.63, 3.8) is 0 Å². The second-order valence-corrected chi connectivity index (χ2v) is 7.00. The minimum Gasteiger partial charge on any atom is -0.466 e. The summed E-state index contributed by atoms with van der Waals surface area (Å²) >= 11 is 11.6. The first-order chi connectivity index (χ1) is 12.1. The van der Waals surface area contributed by atoms with Crippen LogP contribution in [0.15, 0.2) is 30.6 Å². The Balaban J connectivity index is 1.64. The lowest BCUT2D eigenvalue weighted by atomic mass is 9.97. The summed E-state index contributed by atoms with van der Waals surface area (Å²) in [5.41, 5.74) is 0.903. The number of nitrogens with one attached hydrogen (secondary N) is 1. The van der Waals surface area contributed by atoms with E-state index < -0.39 is 0 Å². The molecule has 0 spiro atoms. The Morgan fingerprint density at radius 1 is 1.44 bits per heavy atom.